The zero-order valence-corrected chi connectivity index (χ0v) is 18.2. The third kappa shape index (κ3) is 4.01. The predicted octanol–water partition coefficient (Wildman–Crippen LogP) is 2.37. The van der Waals surface area contributed by atoms with Gasteiger partial charge in [0.25, 0.3) is 5.91 Å². The van der Waals surface area contributed by atoms with Gasteiger partial charge in [-0.05, 0) is 50.1 Å². The van der Waals surface area contributed by atoms with Crippen LogP contribution < -0.4 is 11.1 Å². The van der Waals surface area contributed by atoms with Crippen molar-refractivity contribution in [3.05, 3.63) is 59.2 Å². The summed E-state index contributed by atoms with van der Waals surface area (Å²) in [4.78, 5) is 21.0. The number of benzene rings is 1. The lowest BCUT2D eigenvalue weighted by Gasteiger charge is -2.38. The van der Waals surface area contributed by atoms with E-state index in [1.54, 1.807) is 6.92 Å². The Hall–Kier alpha value is -3.52. The maximum absolute atomic E-state index is 14.9. The van der Waals surface area contributed by atoms with Gasteiger partial charge in [0, 0.05) is 24.0 Å². The Balaban J connectivity index is 1.67. The fraction of sp³-hybridized carbons (Fsp3) is 0.333. The summed E-state index contributed by atoms with van der Waals surface area (Å²) in [7, 11) is -2.86. The highest BCUT2D eigenvalue weighted by molar-refractivity contribution is 7.92. The van der Waals surface area contributed by atoms with Crippen LogP contribution in [-0.2, 0) is 15.5 Å². The van der Waals surface area contributed by atoms with Crippen molar-refractivity contribution in [2.75, 3.05) is 24.2 Å². The van der Waals surface area contributed by atoms with Crippen molar-refractivity contribution >= 4 is 27.5 Å². The molecule has 2 aliphatic heterocycles. The maximum atomic E-state index is 14.9. The second kappa shape index (κ2) is 8.20. The number of nitrogens with zero attached hydrogens (tertiary/aromatic N) is 5. The topological polar surface area (TPSA) is 137 Å². The number of pyridine rings is 1. The minimum Gasteiger partial charge on any atom is -0.369 e. The monoisotopic (exact) mass is 455 g/mol. The standard InChI is InChI=1S/C21H22FN7O2S/c1-21(13-32(31)26-8-2-3-9-29(32)20(24)28-21)16-10-15(5-6-17(16)22)27-19(30)18-7-4-14(11-23)12-25-18/h4-7,10,12H,2-3,8-9,13H2,1H3,(H2,24,28)(H,27,30)/t21-,32?/m0/s1. The minimum atomic E-state index is -2.86. The van der Waals surface area contributed by atoms with E-state index in [9.17, 15) is 13.4 Å². The van der Waals surface area contributed by atoms with E-state index in [0.29, 0.717) is 24.3 Å². The zero-order chi connectivity index (χ0) is 22.9. The molecule has 166 valence electrons. The van der Waals surface area contributed by atoms with Crippen LogP contribution in [0.2, 0.25) is 0 Å². The Bertz CT molecular complexity index is 1260. The van der Waals surface area contributed by atoms with E-state index in [4.69, 9.17) is 11.0 Å². The number of hydrogen-bond donors (Lipinski definition) is 2. The van der Waals surface area contributed by atoms with Crippen LogP contribution in [0.1, 0.15) is 41.4 Å². The molecule has 9 nitrogen and oxygen atoms in total. The fourth-order valence-corrected chi connectivity index (χ4v) is 6.32. The van der Waals surface area contributed by atoms with Crippen LogP contribution in [0.3, 0.4) is 0 Å². The number of aliphatic imine (C=N–C) groups is 1. The molecule has 2 atom stereocenters. The molecule has 2 aromatic rings. The van der Waals surface area contributed by atoms with Gasteiger partial charge in [-0.25, -0.2) is 22.9 Å². The molecule has 1 aromatic heterocycles. The number of fused-ring (bicyclic) bond motifs is 1. The first-order valence-corrected chi connectivity index (χ1v) is 11.7. The van der Waals surface area contributed by atoms with Crippen LogP contribution in [0.15, 0.2) is 45.9 Å². The summed E-state index contributed by atoms with van der Waals surface area (Å²) in [5, 5.41) is 11.5. The third-order valence-electron chi connectivity index (χ3n) is 5.42. The van der Waals surface area contributed by atoms with Gasteiger partial charge in [-0.15, -0.1) is 0 Å². The molecule has 11 heteroatoms. The summed E-state index contributed by atoms with van der Waals surface area (Å²) < 4.78 is 34.4. The number of anilines is 1. The minimum absolute atomic E-state index is 0.00774. The number of carbonyl (C=O) groups excluding carboxylic acids is 1. The first-order chi connectivity index (χ1) is 15.2. The molecule has 0 saturated heterocycles. The van der Waals surface area contributed by atoms with Gasteiger partial charge in [-0.2, -0.15) is 5.26 Å². The molecule has 0 radical (unpaired) electrons. The van der Waals surface area contributed by atoms with Crippen LogP contribution >= 0.6 is 0 Å². The maximum Gasteiger partial charge on any atom is 0.274 e. The van der Waals surface area contributed by atoms with Gasteiger partial charge in [-0.3, -0.25) is 9.10 Å². The molecule has 4 rings (SSSR count). The number of halogens is 1. The Morgan fingerprint density at radius 3 is 2.88 bits per heavy atom. The Morgan fingerprint density at radius 2 is 2.16 bits per heavy atom. The number of nitriles is 1. The highest BCUT2D eigenvalue weighted by Crippen LogP contribution is 2.36. The van der Waals surface area contributed by atoms with Gasteiger partial charge in [0.05, 0.1) is 17.9 Å². The van der Waals surface area contributed by atoms with Crippen LogP contribution in [0, 0.1) is 17.1 Å². The summed E-state index contributed by atoms with van der Waals surface area (Å²) in [6.07, 6.45) is 2.90. The van der Waals surface area contributed by atoms with Crippen molar-refractivity contribution in [2.45, 2.75) is 25.3 Å². The number of amides is 1. The molecule has 2 aliphatic rings. The summed E-state index contributed by atoms with van der Waals surface area (Å²) in [5.41, 5.74) is 5.84. The average molecular weight is 456 g/mol. The molecule has 3 N–H and O–H groups in total. The number of aromatic nitrogens is 1. The molecule has 0 fully saturated rings. The van der Waals surface area contributed by atoms with Gasteiger partial charge >= 0.3 is 0 Å². The molecule has 32 heavy (non-hydrogen) atoms. The average Bonchev–Trinajstić information content (AvgIpc) is 2.96. The predicted molar refractivity (Wildman–Crippen MR) is 119 cm³/mol. The SMILES string of the molecule is C[C@@]1(c2cc(NC(=O)c3ccc(C#N)cn3)ccc2F)CS2(=O)=NCCCCN2C(N)=N1. The fourth-order valence-electron chi connectivity index (χ4n) is 3.82. The molecule has 1 amide bonds. The van der Waals surface area contributed by atoms with Crippen molar-refractivity contribution < 1.29 is 13.4 Å². The Kier molecular flexibility index (Phi) is 5.56. The summed E-state index contributed by atoms with van der Waals surface area (Å²) in [6, 6.07) is 8.95. The van der Waals surface area contributed by atoms with Gasteiger partial charge in [0.2, 0.25) is 5.96 Å². The van der Waals surface area contributed by atoms with Gasteiger partial charge in [0.15, 0.2) is 0 Å². The quantitative estimate of drug-likeness (QED) is 0.732. The lowest BCUT2D eigenvalue weighted by atomic mass is 9.93. The van der Waals surface area contributed by atoms with Crippen LogP contribution in [0.25, 0.3) is 0 Å². The number of carbonyl (C=O) groups is 1. The number of guanidine groups is 1. The second-order valence-corrected chi connectivity index (χ2v) is 10.1. The van der Waals surface area contributed by atoms with E-state index in [2.05, 4.69) is 19.7 Å². The van der Waals surface area contributed by atoms with E-state index in [1.807, 2.05) is 6.07 Å². The van der Waals surface area contributed by atoms with Gasteiger partial charge in [-0.1, -0.05) is 0 Å². The van der Waals surface area contributed by atoms with Crippen LogP contribution in [-0.4, -0.2) is 44.2 Å². The van der Waals surface area contributed by atoms with Gasteiger partial charge < -0.3 is 11.1 Å². The van der Waals surface area contributed by atoms with Crippen molar-refractivity contribution in [3.63, 3.8) is 0 Å². The van der Waals surface area contributed by atoms with E-state index < -0.39 is 27.2 Å². The molecular weight excluding hydrogens is 433 g/mol. The molecule has 0 bridgehead atoms. The molecule has 1 unspecified atom stereocenters. The first-order valence-electron chi connectivity index (χ1n) is 10.1. The van der Waals surface area contributed by atoms with E-state index >= 15 is 0 Å². The van der Waals surface area contributed by atoms with Crippen LogP contribution in [0.5, 0.6) is 0 Å². The largest absolute Gasteiger partial charge is 0.369 e. The lowest BCUT2D eigenvalue weighted by Crippen LogP contribution is -2.52. The second-order valence-electron chi connectivity index (χ2n) is 7.85. The molecule has 0 saturated carbocycles. The van der Waals surface area contributed by atoms with E-state index in [0.717, 1.165) is 12.8 Å². The lowest BCUT2D eigenvalue weighted by molar-refractivity contribution is 0.102. The van der Waals surface area contributed by atoms with Gasteiger partial charge in [0.1, 0.15) is 33.0 Å². The highest BCUT2D eigenvalue weighted by Gasteiger charge is 2.42. The smallest absolute Gasteiger partial charge is 0.274 e. The zero-order valence-electron chi connectivity index (χ0n) is 17.4. The van der Waals surface area contributed by atoms with Crippen molar-refractivity contribution in [1.82, 2.24) is 9.29 Å². The molecule has 0 spiro atoms. The number of hydrogen-bond acceptors (Lipinski definition) is 7. The first kappa shape index (κ1) is 21.7. The summed E-state index contributed by atoms with van der Waals surface area (Å²) >= 11 is 0. The Labute approximate surface area is 185 Å². The molecule has 1 aromatic carbocycles. The normalized spacial score (nSPS) is 24.9. The van der Waals surface area contributed by atoms with Crippen molar-refractivity contribution in [3.8, 4) is 6.07 Å². The Morgan fingerprint density at radius 1 is 1.34 bits per heavy atom. The number of nitrogens with two attached hydrogens (primary N) is 1. The van der Waals surface area contributed by atoms with E-state index in [1.165, 1.54) is 40.8 Å². The molecule has 0 aliphatic carbocycles. The molecule has 3 heterocycles. The molecular formula is C21H22FN7O2S. The summed E-state index contributed by atoms with van der Waals surface area (Å²) in [5.74, 6) is -1.000. The van der Waals surface area contributed by atoms with Crippen molar-refractivity contribution in [2.24, 2.45) is 15.1 Å². The highest BCUT2D eigenvalue weighted by atomic mass is 32.2. The van der Waals surface area contributed by atoms with Crippen LogP contribution in [0.4, 0.5) is 10.1 Å². The van der Waals surface area contributed by atoms with E-state index in [-0.39, 0.29) is 23.0 Å². The third-order valence-corrected chi connectivity index (χ3v) is 8.00. The number of nitrogens with one attached hydrogen (secondary N) is 1. The summed E-state index contributed by atoms with van der Waals surface area (Å²) in [6.45, 7) is 2.61. The van der Waals surface area contributed by atoms with Crippen molar-refractivity contribution in [1.29, 1.82) is 5.26 Å². The number of rotatable bonds is 3.